The lowest BCUT2D eigenvalue weighted by Crippen LogP contribution is -2.31. The molecule has 2 atom stereocenters. The minimum atomic E-state index is -4.54. The molecule has 0 saturated heterocycles. The maximum atomic E-state index is 12.8. The van der Waals surface area contributed by atoms with E-state index in [1.54, 1.807) is 0 Å². The van der Waals surface area contributed by atoms with E-state index >= 15 is 0 Å². The van der Waals surface area contributed by atoms with Crippen LogP contribution in [0.25, 0.3) is 0 Å². The number of aromatic nitrogens is 2. The normalized spacial score (nSPS) is 21.8. The Kier molecular flexibility index (Phi) is 5.90. The largest absolute Gasteiger partial charge is 0.435 e. The summed E-state index contributed by atoms with van der Waals surface area (Å²) >= 11 is 0. The molecule has 1 N–H and O–H groups in total. The highest BCUT2D eigenvalue weighted by Gasteiger charge is 2.37. The van der Waals surface area contributed by atoms with Crippen molar-refractivity contribution in [3.63, 3.8) is 0 Å². The molecule has 2 unspecified atom stereocenters. The summed E-state index contributed by atoms with van der Waals surface area (Å²) in [6.45, 7) is 3.23. The third kappa shape index (κ3) is 4.28. The van der Waals surface area contributed by atoms with Crippen molar-refractivity contribution in [2.75, 3.05) is 11.9 Å². The average Bonchev–Trinajstić information content (AvgIpc) is 2.81. The molecule has 0 radical (unpaired) electrons. The highest BCUT2D eigenvalue weighted by Crippen LogP contribution is 2.33. The van der Waals surface area contributed by atoms with Crippen molar-refractivity contribution < 1.29 is 22.7 Å². The second-order valence-corrected chi connectivity index (χ2v) is 6.29. The van der Waals surface area contributed by atoms with Crippen molar-refractivity contribution >= 4 is 11.7 Å². The van der Waals surface area contributed by atoms with Gasteiger partial charge in [0, 0.05) is 12.6 Å². The van der Waals surface area contributed by atoms with E-state index in [4.69, 9.17) is 4.74 Å². The molecule has 1 aliphatic rings. The maximum absolute atomic E-state index is 12.8. The van der Waals surface area contributed by atoms with Gasteiger partial charge in [0.15, 0.2) is 5.69 Å². The Morgan fingerprint density at radius 2 is 2.04 bits per heavy atom. The topological polar surface area (TPSA) is 56.1 Å². The van der Waals surface area contributed by atoms with Gasteiger partial charge in [-0.2, -0.15) is 18.3 Å². The molecule has 136 valence electrons. The number of hydrogen-bond donors (Lipinski definition) is 1. The van der Waals surface area contributed by atoms with Crippen LogP contribution in [0.4, 0.5) is 19.0 Å². The standard InChI is InChI=1S/C16H24F3N3O2/c1-4-11-7-5-6-8-12(11)24-9-13(23)20-15-10(2)14(16(17,18)19)21-22(15)3/h11-12H,4-9H2,1-3H3,(H,20,23). The highest BCUT2D eigenvalue weighted by molar-refractivity contribution is 5.91. The van der Waals surface area contributed by atoms with Crippen LogP contribution >= 0.6 is 0 Å². The van der Waals surface area contributed by atoms with Crippen LogP contribution in [-0.4, -0.2) is 28.4 Å². The maximum Gasteiger partial charge on any atom is 0.435 e. The number of amides is 1. The number of nitrogens with zero attached hydrogens (tertiary/aromatic N) is 2. The van der Waals surface area contributed by atoms with Gasteiger partial charge in [-0.1, -0.05) is 26.2 Å². The van der Waals surface area contributed by atoms with Crippen molar-refractivity contribution in [2.24, 2.45) is 13.0 Å². The molecular formula is C16H24F3N3O2. The SMILES string of the molecule is CCC1CCCCC1OCC(=O)Nc1c(C)c(C(F)(F)F)nn1C. The molecule has 0 bridgehead atoms. The number of halogens is 3. The molecule has 1 amide bonds. The van der Waals surface area contributed by atoms with Gasteiger partial charge in [0.1, 0.15) is 12.4 Å². The quantitative estimate of drug-likeness (QED) is 0.884. The molecule has 1 aromatic rings. The van der Waals surface area contributed by atoms with Crippen LogP contribution in [0.2, 0.25) is 0 Å². The fraction of sp³-hybridized carbons (Fsp3) is 0.750. The Bertz CT molecular complexity index is 584. The van der Waals surface area contributed by atoms with Crippen LogP contribution < -0.4 is 5.32 Å². The third-order valence-electron chi connectivity index (χ3n) is 4.60. The smallest absolute Gasteiger partial charge is 0.368 e. The number of aryl methyl sites for hydroxylation is 1. The first-order chi connectivity index (χ1) is 11.2. The fourth-order valence-corrected chi connectivity index (χ4v) is 3.28. The molecular weight excluding hydrogens is 323 g/mol. The molecule has 8 heteroatoms. The molecule has 1 aromatic heterocycles. The monoisotopic (exact) mass is 347 g/mol. The summed E-state index contributed by atoms with van der Waals surface area (Å²) in [6, 6.07) is 0. The van der Waals surface area contributed by atoms with Crippen LogP contribution in [0.5, 0.6) is 0 Å². The first-order valence-electron chi connectivity index (χ1n) is 8.26. The number of nitrogens with one attached hydrogen (secondary N) is 1. The zero-order valence-corrected chi connectivity index (χ0v) is 14.2. The number of hydrogen-bond acceptors (Lipinski definition) is 3. The molecule has 24 heavy (non-hydrogen) atoms. The summed E-state index contributed by atoms with van der Waals surface area (Å²) in [5, 5.41) is 5.93. The number of carbonyl (C=O) groups excluding carboxylic acids is 1. The van der Waals surface area contributed by atoms with E-state index in [1.807, 2.05) is 0 Å². The zero-order chi connectivity index (χ0) is 17.9. The Hall–Kier alpha value is -1.57. The van der Waals surface area contributed by atoms with Gasteiger partial charge in [0.2, 0.25) is 0 Å². The number of rotatable bonds is 5. The number of alkyl halides is 3. The van der Waals surface area contributed by atoms with E-state index in [-0.39, 0.29) is 24.1 Å². The molecule has 5 nitrogen and oxygen atoms in total. The van der Waals surface area contributed by atoms with Crippen LogP contribution in [0.3, 0.4) is 0 Å². The lowest BCUT2D eigenvalue weighted by atomic mass is 9.85. The summed E-state index contributed by atoms with van der Waals surface area (Å²) < 4.78 is 45.3. The Labute approximate surface area is 139 Å². The fourth-order valence-electron chi connectivity index (χ4n) is 3.28. The Morgan fingerprint density at radius 3 is 2.62 bits per heavy atom. The molecule has 0 aliphatic heterocycles. The van der Waals surface area contributed by atoms with Crippen LogP contribution in [0, 0.1) is 12.8 Å². The molecule has 1 heterocycles. The summed E-state index contributed by atoms with van der Waals surface area (Å²) in [6.07, 6.45) is 0.790. The second kappa shape index (κ2) is 7.55. The summed E-state index contributed by atoms with van der Waals surface area (Å²) in [4.78, 5) is 12.1. The number of carbonyl (C=O) groups is 1. The first-order valence-corrected chi connectivity index (χ1v) is 8.26. The molecule has 0 aromatic carbocycles. The highest BCUT2D eigenvalue weighted by atomic mass is 19.4. The summed E-state index contributed by atoms with van der Waals surface area (Å²) in [7, 11) is 1.37. The van der Waals surface area contributed by atoms with E-state index in [0.29, 0.717) is 5.92 Å². The van der Waals surface area contributed by atoms with E-state index in [2.05, 4.69) is 17.3 Å². The van der Waals surface area contributed by atoms with Gasteiger partial charge in [-0.25, -0.2) is 0 Å². The van der Waals surface area contributed by atoms with Gasteiger partial charge >= 0.3 is 6.18 Å². The van der Waals surface area contributed by atoms with Gasteiger partial charge in [0.05, 0.1) is 6.10 Å². The number of ether oxygens (including phenoxy) is 1. The zero-order valence-electron chi connectivity index (χ0n) is 14.2. The van der Waals surface area contributed by atoms with Crippen molar-refractivity contribution in [1.82, 2.24) is 9.78 Å². The van der Waals surface area contributed by atoms with E-state index in [0.717, 1.165) is 30.4 Å². The molecule has 1 saturated carbocycles. The van der Waals surface area contributed by atoms with Crippen molar-refractivity contribution in [3.8, 4) is 0 Å². The van der Waals surface area contributed by atoms with Crippen LogP contribution in [0.15, 0.2) is 0 Å². The predicted octanol–water partition coefficient (Wildman–Crippen LogP) is 3.67. The van der Waals surface area contributed by atoms with Crippen molar-refractivity contribution in [3.05, 3.63) is 11.3 Å². The Morgan fingerprint density at radius 1 is 1.38 bits per heavy atom. The summed E-state index contributed by atoms with van der Waals surface area (Å²) in [5.41, 5.74) is -1.08. The average molecular weight is 347 g/mol. The van der Waals surface area contributed by atoms with Gasteiger partial charge in [-0.3, -0.25) is 9.48 Å². The molecule has 1 aliphatic carbocycles. The van der Waals surface area contributed by atoms with E-state index in [1.165, 1.54) is 20.4 Å². The van der Waals surface area contributed by atoms with Gasteiger partial charge in [-0.05, 0) is 25.7 Å². The van der Waals surface area contributed by atoms with Crippen LogP contribution in [-0.2, 0) is 22.8 Å². The second-order valence-electron chi connectivity index (χ2n) is 6.29. The minimum absolute atomic E-state index is 0.0478. The van der Waals surface area contributed by atoms with Gasteiger partial charge in [-0.15, -0.1) is 0 Å². The molecule has 2 rings (SSSR count). The lowest BCUT2D eigenvalue weighted by molar-refractivity contribution is -0.141. The summed E-state index contributed by atoms with van der Waals surface area (Å²) in [5.74, 6) is 0.0312. The van der Waals surface area contributed by atoms with Gasteiger partial charge in [0.25, 0.3) is 5.91 Å². The minimum Gasteiger partial charge on any atom is -0.368 e. The van der Waals surface area contributed by atoms with E-state index < -0.39 is 17.8 Å². The molecule has 1 fully saturated rings. The van der Waals surface area contributed by atoms with Crippen molar-refractivity contribution in [2.45, 2.75) is 58.2 Å². The predicted molar refractivity (Wildman–Crippen MR) is 83.6 cm³/mol. The lowest BCUT2D eigenvalue weighted by Gasteiger charge is -2.30. The molecule has 0 spiro atoms. The third-order valence-corrected chi connectivity index (χ3v) is 4.60. The first kappa shape index (κ1) is 18.8. The van der Waals surface area contributed by atoms with Gasteiger partial charge < -0.3 is 10.1 Å². The number of anilines is 1. The van der Waals surface area contributed by atoms with Crippen molar-refractivity contribution in [1.29, 1.82) is 0 Å². The van der Waals surface area contributed by atoms with E-state index in [9.17, 15) is 18.0 Å². The Balaban J connectivity index is 1.96. The van der Waals surface area contributed by atoms with Crippen LogP contribution in [0.1, 0.15) is 50.3 Å².